The number of carbonyl (C=O) groups excluding carboxylic acids is 3. The first-order chi connectivity index (χ1) is 18.7. The van der Waals surface area contributed by atoms with Crippen LogP contribution in [0.1, 0.15) is 19.3 Å². The Balaban J connectivity index is 1.12. The molecule has 4 aliphatic rings. The molecule has 2 aromatic carbocycles. The van der Waals surface area contributed by atoms with Gasteiger partial charge >= 0.3 is 5.97 Å². The van der Waals surface area contributed by atoms with Crippen LogP contribution in [-0.4, -0.2) is 73.9 Å². The van der Waals surface area contributed by atoms with Crippen LogP contribution < -0.4 is 29.8 Å². The van der Waals surface area contributed by atoms with E-state index in [1.165, 1.54) is 0 Å². The molecule has 2 aromatic rings. The maximum Gasteiger partial charge on any atom is 0.333 e. The first-order valence-electron chi connectivity index (χ1n) is 12.1. The molecule has 1 unspecified atom stereocenters. The maximum atomic E-state index is 12.3. The number of fused-ring (bicyclic) bond motifs is 4. The van der Waals surface area contributed by atoms with Gasteiger partial charge in [0.15, 0.2) is 16.7 Å². The van der Waals surface area contributed by atoms with E-state index in [4.69, 9.17) is 28.6 Å². The summed E-state index contributed by atoms with van der Waals surface area (Å²) in [6.07, 6.45) is -0.639. The van der Waals surface area contributed by atoms with Gasteiger partial charge in [-0.1, -0.05) is 0 Å². The van der Waals surface area contributed by atoms with Gasteiger partial charge in [0.25, 0.3) is 21.9 Å². The van der Waals surface area contributed by atoms with Crippen LogP contribution in [0.25, 0.3) is 0 Å². The Morgan fingerprint density at radius 1 is 1.05 bits per heavy atom. The van der Waals surface area contributed by atoms with E-state index in [2.05, 4.69) is 4.99 Å². The van der Waals surface area contributed by atoms with E-state index in [1.807, 2.05) is 11.0 Å². The molecule has 0 saturated carbocycles. The van der Waals surface area contributed by atoms with Crippen LogP contribution in [0.4, 0.5) is 11.4 Å². The second-order valence-electron chi connectivity index (χ2n) is 9.16. The van der Waals surface area contributed by atoms with Crippen LogP contribution in [0.3, 0.4) is 0 Å². The van der Waals surface area contributed by atoms with E-state index in [9.17, 15) is 22.8 Å². The largest absolute Gasteiger partial charge is 0.489 e. The van der Waals surface area contributed by atoms with Gasteiger partial charge in [0.2, 0.25) is 0 Å². The SMILES string of the molecule is O=C(CCCN1CCOc2cc3c(cc21)Oc1cc2c(cc1=N3)OCCN=2)ON1C(=O)CC(S(=O)(=O)O)C1=O. The van der Waals surface area contributed by atoms with E-state index in [0.29, 0.717) is 78.7 Å². The van der Waals surface area contributed by atoms with E-state index >= 15 is 0 Å². The molecule has 14 nitrogen and oxygen atoms in total. The van der Waals surface area contributed by atoms with Crippen molar-refractivity contribution in [3.8, 4) is 23.0 Å². The molecule has 4 aliphatic heterocycles. The minimum atomic E-state index is -4.79. The number of benzene rings is 2. The van der Waals surface area contributed by atoms with Crippen LogP contribution in [0.5, 0.6) is 23.0 Å². The third kappa shape index (κ3) is 4.74. The lowest BCUT2D eigenvalue weighted by Crippen LogP contribution is -2.37. The van der Waals surface area contributed by atoms with Crippen molar-refractivity contribution >= 4 is 39.3 Å². The van der Waals surface area contributed by atoms with E-state index in [-0.39, 0.29) is 11.5 Å². The molecule has 0 aliphatic carbocycles. The number of hydroxylamine groups is 2. The number of hydrogen-bond acceptors (Lipinski definition) is 12. The molecule has 0 aromatic heterocycles. The van der Waals surface area contributed by atoms with Gasteiger partial charge in [-0.3, -0.25) is 19.1 Å². The molecule has 4 heterocycles. The maximum absolute atomic E-state index is 12.3. The normalized spacial score (nSPS) is 19.3. The molecule has 1 saturated heterocycles. The second kappa shape index (κ2) is 9.50. The van der Waals surface area contributed by atoms with Gasteiger partial charge < -0.3 is 23.9 Å². The van der Waals surface area contributed by atoms with Crippen molar-refractivity contribution in [1.82, 2.24) is 5.06 Å². The van der Waals surface area contributed by atoms with Crippen molar-refractivity contribution in [3.05, 3.63) is 35.0 Å². The van der Waals surface area contributed by atoms with Gasteiger partial charge in [-0.15, -0.1) is 5.06 Å². The summed E-state index contributed by atoms with van der Waals surface area (Å²) in [6.45, 7) is 2.45. The van der Waals surface area contributed by atoms with Crippen LogP contribution >= 0.6 is 0 Å². The van der Waals surface area contributed by atoms with Gasteiger partial charge in [0, 0.05) is 37.2 Å². The molecule has 0 radical (unpaired) electrons. The molecular weight excluding hydrogens is 536 g/mol. The summed E-state index contributed by atoms with van der Waals surface area (Å²) < 4.78 is 49.2. The predicted molar refractivity (Wildman–Crippen MR) is 130 cm³/mol. The molecule has 15 heteroatoms. The van der Waals surface area contributed by atoms with Crippen molar-refractivity contribution in [3.63, 3.8) is 0 Å². The molecule has 0 bridgehead atoms. The number of carbonyl (C=O) groups is 3. The number of hydrogen-bond donors (Lipinski definition) is 1. The summed E-state index contributed by atoms with van der Waals surface area (Å²) in [4.78, 5) is 52.2. The van der Waals surface area contributed by atoms with Gasteiger partial charge in [0.05, 0.1) is 25.2 Å². The zero-order valence-corrected chi connectivity index (χ0v) is 21.2. The summed E-state index contributed by atoms with van der Waals surface area (Å²) >= 11 is 0. The van der Waals surface area contributed by atoms with E-state index < -0.39 is 39.6 Å². The summed E-state index contributed by atoms with van der Waals surface area (Å²) in [5.74, 6) is -0.842. The Bertz CT molecular complexity index is 1640. The third-order valence-electron chi connectivity index (χ3n) is 6.56. The molecule has 1 atom stereocenters. The van der Waals surface area contributed by atoms with Gasteiger partial charge in [-0.05, 0) is 6.42 Å². The minimum absolute atomic E-state index is 0.103. The molecule has 6 rings (SSSR count). The predicted octanol–water partition coefficient (Wildman–Crippen LogP) is 0.208. The van der Waals surface area contributed by atoms with Gasteiger partial charge in [-0.2, -0.15) is 8.42 Å². The minimum Gasteiger partial charge on any atom is -0.489 e. The third-order valence-corrected chi connectivity index (χ3v) is 7.64. The molecule has 39 heavy (non-hydrogen) atoms. The fourth-order valence-electron chi connectivity index (χ4n) is 4.68. The highest BCUT2D eigenvalue weighted by Gasteiger charge is 2.48. The van der Waals surface area contributed by atoms with Crippen LogP contribution in [0, 0.1) is 0 Å². The molecule has 1 fully saturated rings. The van der Waals surface area contributed by atoms with E-state index in [0.717, 1.165) is 5.69 Å². The zero-order chi connectivity index (χ0) is 27.3. The smallest absolute Gasteiger partial charge is 0.333 e. The second-order valence-corrected chi connectivity index (χ2v) is 10.8. The number of nitrogens with zero attached hydrogens (tertiary/aromatic N) is 4. The summed E-state index contributed by atoms with van der Waals surface area (Å²) in [7, 11) is -4.79. The Labute approximate surface area is 221 Å². The average Bonchev–Trinajstić information content (AvgIpc) is 3.18. The fraction of sp³-hybridized carbons (Fsp3) is 0.375. The molecule has 0 spiro atoms. The topological polar surface area (TPSA) is 174 Å². The lowest BCUT2D eigenvalue weighted by atomic mass is 10.1. The van der Waals surface area contributed by atoms with Crippen molar-refractivity contribution < 1.29 is 46.4 Å². The molecular formula is C24H22N4O10S. The fourth-order valence-corrected chi connectivity index (χ4v) is 5.38. The Morgan fingerprint density at radius 2 is 1.85 bits per heavy atom. The number of rotatable bonds is 6. The molecule has 2 amide bonds. The molecule has 204 valence electrons. The van der Waals surface area contributed by atoms with Crippen molar-refractivity contribution in [2.75, 3.05) is 37.7 Å². The number of amides is 2. The first kappa shape index (κ1) is 25.1. The van der Waals surface area contributed by atoms with Crippen molar-refractivity contribution in [2.24, 2.45) is 9.98 Å². The number of ether oxygens (including phenoxy) is 3. The van der Waals surface area contributed by atoms with Gasteiger partial charge in [-0.25, -0.2) is 9.79 Å². The monoisotopic (exact) mass is 558 g/mol. The highest BCUT2D eigenvalue weighted by atomic mass is 32.2. The first-order valence-corrected chi connectivity index (χ1v) is 13.7. The highest BCUT2D eigenvalue weighted by Crippen LogP contribution is 2.44. The highest BCUT2D eigenvalue weighted by molar-refractivity contribution is 7.87. The number of anilines is 1. The summed E-state index contributed by atoms with van der Waals surface area (Å²) in [5, 5.41) is -0.531. The van der Waals surface area contributed by atoms with Crippen LogP contribution in [-0.2, 0) is 29.3 Å². The Kier molecular flexibility index (Phi) is 6.10. The summed E-state index contributed by atoms with van der Waals surface area (Å²) in [5.41, 5.74) is 1.35. The Morgan fingerprint density at radius 3 is 2.64 bits per heavy atom. The number of imide groups is 1. The lowest BCUT2D eigenvalue weighted by Gasteiger charge is -2.32. The van der Waals surface area contributed by atoms with E-state index in [1.54, 1.807) is 18.2 Å². The summed E-state index contributed by atoms with van der Waals surface area (Å²) in [6, 6.07) is 7.20. The van der Waals surface area contributed by atoms with Crippen LogP contribution in [0.15, 0.2) is 34.3 Å². The average molecular weight is 559 g/mol. The Hall–Kier alpha value is -4.24. The zero-order valence-electron chi connectivity index (χ0n) is 20.4. The van der Waals surface area contributed by atoms with Gasteiger partial charge in [0.1, 0.15) is 41.1 Å². The van der Waals surface area contributed by atoms with Crippen molar-refractivity contribution in [1.29, 1.82) is 0 Å². The lowest BCUT2D eigenvalue weighted by molar-refractivity contribution is -0.197. The van der Waals surface area contributed by atoms with Crippen LogP contribution in [0.2, 0.25) is 0 Å². The van der Waals surface area contributed by atoms with Crippen molar-refractivity contribution in [2.45, 2.75) is 24.5 Å². The quantitative estimate of drug-likeness (QED) is 0.323. The molecule has 1 N–H and O–H groups in total. The standard InChI is InChI=1S/C24H22N4O10S/c29-22-12-21(39(32,33)34)24(31)28(22)38-23(30)2-1-4-27-5-7-36-20-10-15-19(11-16(20)27)37-18-8-13-17(9-14(18)26-15)35-6-3-25-13/h8-11,21H,1-7,12H2,(H,32,33,34).